The van der Waals surface area contributed by atoms with Crippen molar-refractivity contribution in [2.45, 2.75) is 12.8 Å². The van der Waals surface area contributed by atoms with Crippen molar-refractivity contribution in [3.8, 4) is 5.69 Å². The van der Waals surface area contributed by atoms with Gasteiger partial charge in [0.2, 0.25) is 0 Å². The highest BCUT2D eigenvalue weighted by molar-refractivity contribution is 5.94. The van der Waals surface area contributed by atoms with Crippen LogP contribution in [0.2, 0.25) is 0 Å². The molecule has 0 saturated heterocycles. The summed E-state index contributed by atoms with van der Waals surface area (Å²) in [5, 5.41) is 8.62. The van der Waals surface area contributed by atoms with Gasteiger partial charge in [0.1, 0.15) is 0 Å². The van der Waals surface area contributed by atoms with E-state index in [9.17, 15) is 9.59 Å². The van der Waals surface area contributed by atoms with Crippen molar-refractivity contribution in [2.75, 3.05) is 13.6 Å². The van der Waals surface area contributed by atoms with Crippen LogP contribution in [0.15, 0.2) is 48.8 Å². The Hall–Kier alpha value is -2.56. The number of hydrogen-bond acceptors (Lipinski definition) is 2. The lowest BCUT2D eigenvalue weighted by molar-refractivity contribution is -0.137. The van der Waals surface area contributed by atoms with Crippen molar-refractivity contribution in [1.29, 1.82) is 0 Å². The molecule has 1 aromatic carbocycles. The van der Waals surface area contributed by atoms with Crippen molar-refractivity contribution in [3.63, 3.8) is 0 Å². The van der Waals surface area contributed by atoms with Crippen LogP contribution in [-0.4, -0.2) is 40.0 Å². The molecule has 0 aliphatic carbocycles. The number of carboxylic acids is 1. The molecule has 0 fully saturated rings. The molecule has 2 rings (SSSR count). The van der Waals surface area contributed by atoms with E-state index in [0.717, 1.165) is 5.69 Å². The van der Waals surface area contributed by atoms with Crippen LogP contribution >= 0.6 is 0 Å². The summed E-state index contributed by atoms with van der Waals surface area (Å²) in [7, 11) is 1.69. The molecule has 0 aliphatic rings. The van der Waals surface area contributed by atoms with E-state index < -0.39 is 5.97 Å². The summed E-state index contributed by atoms with van der Waals surface area (Å²) in [6.45, 7) is 0.429. The first-order valence-corrected chi connectivity index (χ1v) is 6.78. The summed E-state index contributed by atoms with van der Waals surface area (Å²) in [6, 6.07) is 11.2. The van der Waals surface area contributed by atoms with Crippen molar-refractivity contribution in [1.82, 2.24) is 9.47 Å². The highest BCUT2D eigenvalue weighted by atomic mass is 16.4. The molecule has 0 spiro atoms. The van der Waals surface area contributed by atoms with Crippen LogP contribution < -0.4 is 0 Å². The zero-order valence-corrected chi connectivity index (χ0v) is 11.9. The van der Waals surface area contributed by atoms with Gasteiger partial charge in [-0.15, -0.1) is 0 Å². The molecule has 0 radical (unpaired) electrons. The number of aliphatic carboxylic acids is 1. The van der Waals surface area contributed by atoms with E-state index in [4.69, 9.17) is 5.11 Å². The highest BCUT2D eigenvalue weighted by Crippen LogP contribution is 2.12. The molecular weight excluding hydrogens is 268 g/mol. The third kappa shape index (κ3) is 3.95. The first kappa shape index (κ1) is 14.8. The second kappa shape index (κ2) is 6.74. The fourth-order valence-corrected chi connectivity index (χ4v) is 2.10. The zero-order valence-electron chi connectivity index (χ0n) is 11.9. The SMILES string of the molecule is CN(CCCC(=O)O)C(=O)c1cccc(-n2cccc2)c1. The molecule has 1 heterocycles. The molecule has 0 unspecified atom stereocenters. The van der Waals surface area contributed by atoms with E-state index in [0.29, 0.717) is 18.5 Å². The van der Waals surface area contributed by atoms with E-state index >= 15 is 0 Å². The van der Waals surface area contributed by atoms with E-state index in [2.05, 4.69) is 0 Å². The van der Waals surface area contributed by atoms with Crippen LogP contribution in [0, 0.1) is 0 Å². The molecule has 1 amide bonds. The quantitative estimate of drug-likeness (QED) is 0.887. The molecule has 5 heteroatoms. The van der Waals surface area contributed by atoms with Crippen molar-refractivity contribution < 1.29 is 14.7 Å². The third-order valence-corrected chi connectivity index (χ3v) is 3.23. The molecule has 110 valence electrons. The number of rotatable bonds is 6. The maximum absolute atomic E-state index is 12.3. The third-order valence-electron chi connectivity index (χ3n) is 3.23. The lowest BCUT2D eigenvalue weighted by atomic mass is 10.1. The maximum atomic E-state index is 12.3. The van der Waals surface area contributed by atoms with Gasteiger partial charge >= 0.3 is 5.97 Å². The largest absolute Gasteiger partial charge is 0.481 e. The molecule has 21 heavy (non-hydrogen) atoms. The fraction of sp³-hybridized carbons (Fsp3) is 0.250. The highest BCUT2D eigenvalue weighted by Gasteiger charge is 2.12. The molecule has 0 saturated carbocycles. The number of carbonyl (C=O) groups is 2. The zero-order chi connectivity index (χ0) is 15.2. The minimum absolute atomic E-state index is 0.0705. The van der Waals surface area contributed by atoms with Crippen molar-refractivity contribution in [2.24, 2.45) is 0 Å². The van der Waals surface area contributed by atoms with Gasteiger partial charge in [-0.1, -0.05) is 6.07 Å². The van der Waals surface area contributed by atoms with Gasteiger partial charge in [0.25, 0.3) is 5.91 Å². The Morgan fingerprint density at radius 3 is 2.57 bits per heavy atom. The molecule has 1 N–H and O–H groups in total. The summed E-state index contributed by atoms with van der Waals surface area (Å²) < 4.78 is 1.93. The lowest BCUT2D eigenvalue weighted by Gasteiger charge is -2.17. The summed E-state index contributed by atoms with van der Waals surface area (Å²) in [4.78, 5) is 24.4. The lowest BCUT2D eigenvalue weighted by Crippen LogP contribution is -2.28. The first-order chi connectivity index (χ1) is 10.1. The summed E-state index contributed by atoms with van der Waals surface area (Å²) in [6.07, 6.45) is 4.36. The monoisotopic (exact) mass is 286 g/mol. The van der Waals surface area contributed by atoms with Crippen LogP contribution in [0.5, 0.6) is 0 Å². The molecule has 0 aliphatic heterocycles. The van der Waals surface area contributed by atoms with Gasteiger partial charge < -0.3 is 14.6 Å². The Morgan fingerprint density at radius 1 is 1.19 bits per heavy atom. The normalized spacial score (nSPS) is 10.3. The minimum atomic E-state index is -0.842. The Balaban J connectivity index is 2.05. The summed E-state index contributed by atoms with van der Waals surface area (Å²) in [5.74, 6) is -0.945. The standard InChI is InChI=1S/C16H18N2O3/c1-17(9-5-8-15(19)20)16(21)13-6-4-7-14(12-13)18-10-2-3-11-18/h2-4,6-7,10-12H,5,8-9H2,1H3,(H,19,20). The topological polar surface area (TPSA) is 62.5 Å². The summed E-state index contributed by atoms with van der Waals surface area (Å²) >= 11 is 0. The first-order valence-electron chi connectivity index (χ1n) is 6.78. The van der Waals surface area contributed by atoms with E-state index in [-0.39, 0.29) is 12.3 Å². The Bertz CT molecular complexity index is 620. The van der Waals surface area contributed by atoms with E-state index in [1.54, 1.807) is 18.0 Å². The van der Waals surface area contributed by atoms with Crippen LogP contribution in [0.1, 0.15) is 23.2 Å². The summed E-state index contributed by atoms with van der Waals surface area (Å²) in [5.41, 5.74) is 1.52. The van der Waals surface area contributed by atoms with Crippen LogP contribution in [0.4, 0.5) is 0 Å². The minimum Gasteiger partial charge on any atom is -0.481 e. The van der Waals surface area contributed by atoms with Crippen molar-refractivity contribution in [3.05, 3.63) is 54.4 Å². The molecule has 0 bridgehead atoms. The van der Waals surface area contributed by atoms with Crippen molar-refractivity contribution >= 4 is 11.9 Å². The van der Waals surface area contributed by atoms with Crippen LogP contribution in [0.3, 0.4) is 0 Å². The fourth-order valence-electron chi connectivity index (χ4n) is 2.10. The average molecular weight is 286 g/mol. The van der Waals surface area contributed by atoms with Gasteiger partial charge in [-0.25, -0.2) is 0 Å². The Kier molecular flexibility index (Phi) is 4.77. The molecule has 1 aromatic heterocycles. The number of nitrogens with zero attached hydrogens (tertiary/aromatic N) is 2. The molecule has 5 nitrogen and oxygen atoms in total. The second-order valence-electron chi connectivity index (χ2n) is 4.86. The molecule has 2 aromatic rings. The number of hydrogen-bond donors (Lipinski definition) is 1. The van der Waals surface area contributed by atoms with Gasteiger partial charge in [0, 0.05) is 43.7 Å². The van der Waals surface area contributed by atoms with Gasteiger partial charge in [-0.3, -0.25) is 9.59 Å². The second-order valence-corrected chi connectivity index (χ2v) is 4.86. The van der Waals surface area contributed by atoms with Gasteiger partial charge in [-0.05, 0) is 36.8 Å². The number of aromatic nitrogens is 1. The van der Waals surface area contributed by atoms with E-state index in [1.165, 1.54) is 0 Å². The predicted octanol–water partition coefficient (Wildman–Crippen LogP) is 2.41. The van der Waals surface area contributed by atoms with Gasteiger partial charge in [0.05, 0.1) is 0 Å². The smallest absolute Gasteiger partial charge is 0.303 e. The number of carbonyl (C=O) groups excluding carboxylic acids is 1. The molecular formula is C16H18N2O3. The number of benzene rings is 1. The molecule has 0 atom stereocenters. The van der Waals surface area contributed by atoms with Gasteiger partial charge in [-0.2, -0.15) is 0 Å². The van der Waals surface area contributed by atoms with E-state index in [1.807, 2.05) is 47.3 Å². The van der Waals surface area contributed by atoms with Crippen LogP contribution in [0.25, 0.3) is 5.69 Å². The van der Waals surface area contributed by atoms with Crippen LogP contribution in [-0.2, 0) is 4.79 Å². The number of carboxylic acid groups (broad SMARTS) is 1. The Labute approximate surface area is 123 Å². The number of amides is 1. The maximum Gasteiger partial charge on any atom is 0.303 e. The Morgan fingerprint density at radius 2 is 1.90 bits per heavy atom. The predicted molar refractivity (Wildman–Crippen MR) is 79.6 cm³/mol. The van der Waals surface area contributed by atoms with Gasteiger partial charge in [0.15, 0.2) is 0 Å². The average Bonchev–Trinajstić information content (AvgIpc) is 3.00.